The molecule has 4 rings (SSSR count). The molecule has 4 aromatic rings. The molecule has 0 saturated heterocycles. The first kappa shape index (κ1) is 23.0. The van der Waals surface area contributed by atoms with Crippen molar-refractivity contribution in [1.82, 2.24) is 9.78 Å². The van der Waals surface area contributed by atoms with Crippen LogP contribution >= 0.6 is 0 Å². The number of hydrogen-bond donors (Lipinski definition) is 1. The van der Waals surface area contributed by atoms with Crippen LogP contribution in [0.4, 0.5) is 5.69 Å². The average Bonchev–Trinajstić information content (AvgIpc) is 3.40. The number of carbonyl (C=O) groups is 2. The molecule has 34 heavy (non-hydrogen) atoms. The van der Waals surface area contributed by atoms with Crippen molar-refractivity contribution in [2.45, 2.75) is 40.8 Å². The number of anilines is 1. The zero-order valence-electron chi connectivity index (χ0n) is 19.7. The molecule has 0 spiro atoms. The molecule has 0 unspecified atom stereocenters. The van der Waals surface area contributed by atoms with Crippen LogP contribution in [0.25, 0.3) is 0 Å². The lowest BCUT2D eigenvalue weighted by atomic mass is 10.1. The molecule has 0 bridgehead atoms. The second-order valence-corrected chi connectivity index (χ2v) is 8.28. The first-order chi connectivity index (χ1) is 16.3. The van der Waals surface area contributed by atoms with Crippen molar-refractivity contribution in [2.75, 3.05) is 5.32 Å². The van der Waals surface area contributed by atoms with Gasteiger partial charge in [-0.3, -0.25) is 14.3 Å². The molecular formula is C27H27N3O4. The minimum absolute atomic E-state index is 0.000551. The number of amides is 1. The molecule has 2 heterocycles. The summed E-state index contributed by atoms with van der Waals surface area (Å²) in [6.07, 6.45) is 0. The van der Waals surface area contributed by atoms with Gasteiger partial charge < -0.3 is 14.5 Å². The highest BCUT2D eigenvalue weighted by molar-refractivity contribution is 6.03. The first-order valence-corrected chi connectivity index (χ1v) is 11.0. The van der Waals surface area contributed by atoms with Gasteiger partial charge in [0.05, 0.1) is 23.6 Å². The topological polar surface area (TPSA) is 86.4 Å². The molecule has 2 aromatic carbocycles. The molecular weight excluding hydrogens is 430 g/mol. The maximum atomic E-state index is 12.8. The molecule has 7 nitrogen and oxygen atoms in total. The van der Waals surface area contributed by atoms with Crippen LogP contribution in [0, 0.1) is 20.8 Å². The Morgan fingerprint density at radius 2 is 1.68 bits per heavy atom. The Labute approximate surface area is 198 Å². The molecule has 7 heteroatoms. The van der Waals surface area contributed by atoms with Gasteiger partial charge in [-0.1, -0.05) is 29.8 Å². The summed E-state index contributed by atoms with van der Waals surface area (Å²) in [7, 11) is 0. The Balaban J connectivity index is 1.39. The SMILES string of the molecule is CC(=O)c1ccc(OCc2ccc(C(=O)Nc3c(C)nn(Cc4ccc(C)cc4)c3C)o2)cc1. The second kappa shape index (κ2) is 9.79. The van der Waals surface area contributed by atoms with Crippen molar-refractivity contribution in [2.24, 2.45) is 0 Å². The summed E-state index contributed by atoms with van der Waals surface area (Å²) in [4.78, 5) is 24.2. The number of aromatic nitrogens is 2. The highest BCUT2D eigenvalue weighted by Crippen LogP contribution is 2.22. The van der Waals surface area contributed by atoms with Crippen LogP contribution in [0.2, 0.25) is 0 Å². The first-order valence-electron chi connectivity index (χ1n) is 11.0. The molecule has 1 amide bonds. The van der Waals surface area contributed by atoms with Gasteiger partial charge in [0.15, 0.2) is 11.5 Å². The third-order valence-corrected chi connectivity index (χ3v) is 5.60. The van der Waals surface area contributed by atoms with E-state index in [1.165, 1.54) is 12.5 Å². The number of furan rings is 1. The number of Topliss-reactive ketones (excluding diaryl/α,β-unsaturated/α-hetero) is 1. The van der Waals surface area contributed by atoms with Crippen molar-refractivity contribution >= 4 is 17.4 Å². The second-order valence-electron chi connectivity index (χ2n) is 8.28. The Morgan fingerprint density at radius 3 is 2.35 bits per heavy atom. The van der Waals surface area contributed by atoms with Crippen molar-refractivity contribution in [1.29, 1.82) is 0 Å². The van der Waals surface area contributed by atoms with E-state index < -0.39 is 0 Å². The van der Waals surface area contributed by atoms with Crippen LogP contribution in [-0.4, -0.2) is 21.5 Å². The molecule has 0 radical (unpaired) electrons. The van der Waals surface area contributed by atoms with Gasteiger partial charge in [0.2, 0.25) is 0 Å². The van der Waals surface area contributed by atoms with Crippen LogP contribution < -0.4 is 10.1 Å². The van der Waals surface area contributed by atoms with Gasteiger partial charge in [-0.25, -0.2) is 0 Å². The highest BCUT2D eigenvalue weighted by Gasteiger charge is 2.18. The lowest BCUT2D eigenvalue weighted by Gasteiger charge is -2.07. The van der Waals surface area contributed by atoms with Gasteiger partial charge in [-0.05, 0) is 69.7 Å². The number of carbonyl (C=O) groups excluding carboxylic acids is 2. The van der Waals surface area contributed by atoms with E-state index >= 15 is 0 Å². The number of rotatable bonds is 8. The van der Waals surface area contributed by atoms with Crippen molar-refractivity contribution in [3.63, 3.8) is 0 Å². The summed E-state index contributed by atoms with van der Waals surface area (Å²) >= 11 is 0. The molecule has 0 aliphatic rings. The van der Waals surface area contributed by atoms with Gasteiger partial charge in [-0.15, -0.1) is 0 Å². The van der Waals surface area contributed by atoms with E-state index in [1.807, 2.05) is 18.5 Å². The monoisotopic (exact) mass is 457 g/mol. The molecule has 174 valence electrons. The molecule has 0 atom stereocenters. The summed E-state index contributed by atoms with van der Waals surface area (Å²) < 4.78 is 13.3. The minimum atomic E-state index is -0.349. The number of aryl methyl sites for hydroxylation is 2. The van der Waals surface area contributed by atoms with Crippen LogP contribution in [-0.2, 0) is 13.2 Å². The maximum absolute atomic E-state index is 12.8. The van der Waals surface area contributed by atoms with Crippen LogP contribution in [0.15, 0.2) is 65.1 Å². The van der Waals surface area contributed by atoms with E-state index in [1.54, 1.807) is 36.4 Å². The van der Waals surface area contributed by atoms with Crippen molar-refractivity contribution in [3.05, 3.63) is 100 Å². The van der Waals surface area contributed by atoms with Gasteiger partial charge >= 0.3 is 0 Å². The van der Waals surface area contributed by atoms with Gasteiger partial charge in [-0.2, -0.15) is 5.10 Å². The average molecular weight is 458 g/mol. The third kappa shape index (κ3) is 5.26. The van der Waals surface area contributed by atoms with E-state index in [4.69, 9.17) is 9.15 Å². The van der Waals surface area contributed by atoms with Crippen LogP contribution in [0.5, 0.6) is 5.75 Å². The summed E-state index contributed by atoms with van der Waals surface area (Å²) in [5.74, 6) is 0.970. The van der Waals surface area contributed by atoms with E-state index in [9.17, 15) is 9.59 Å². The predicted molar refractivity (Wildman–Crippen MR) is 129 cm³/mol. The number of benzene rings is 2. The number of nitrogens with one attached hydrogen (secondary N) is 1. The standard InChI is InChI=1S/C27H27N3O4/c1-17-5-7-21(8-6-17)15-30-19(3)26(18(2)29-30)28-27(32)25-14-13-24(34-25)16-33-23-11-9-22(10-12-23)20(4)31/h5-14H,15-16H2,1-4H3,(H,28,32). The molecule has 0 saturated carbocycles. The summed E-state index contributed by atoms with van der Waals surface area (Å²) in [5, 5.41) is 7.52. The lowest BCUT2D eigenvalue weighted by molar-refractivity contribution is 0.0990. The number of ketones is 1. The summed E-state index contributed by atoms with van der Waals surface area (Å²) in [6, 6.07) is 18.5. The largest absolute Gasteiger partial charge is 0.486 e. The normalized spacial score (nSPS) is 10.8. The molecule has 0 aliphatic carbocycles. The fraction of sp³-hybridized carbons (Fsp3) is 0.222. The van der Waals surface area contributed by atoms with Gasteiger partial charge in [0.25, 0.3) is 5.91 Å². The quantitative estimate of drug-likeness (QED) is 0.354. The maximum Gasteiger partial charge on any atom is 0.291 e. The highest BCUT2D eigenvalue weighted by atomic mass is 16.5. The van der Waals surface area contributed by atoms with Crippen molar-refractivity contribution < 1.29 is 18.7 Å². The predicted octanol–water partition coefficient (Wildman–Crippen LogP) is 5.48. The Bertz CT molecular complexity index is 1320. The molecule has 0 aliphatic heterocycles. The van der Waals surface area contributed by atoms with E-state index in [2.05, 4.69) is 41.6 Å². The molecule has 1 N–H and O–H groups in total. The Hall–Kier alpha value is -4.13. The minimum Gasteiger partial charge on any atom is -0.486 e. The van der Waals surface area contributed by atoms with Gasteiger partial charge in [0, 0.05) is 5.56 Å². The third-order valence-electron chi connectivity index (χ3n) is 5.60. The number of nitrogens with zero attached hydrogens (tertiary/aromatic N) is 2. The zero-order valence-corrected chi connectivity index (χ0v) is 19.7. The number of ether oxygens (including phenoxy) is 1. The van der Waals surface area contributed by atoms with Crippen LogP contribution in [0.3, 0.4) is 0 Å². The number of hydrogen-bond acceptors (Lipinski definition) is 5. The van der Waals surface area contributed by atoms with Crippen molar-refractivity contribution in [3.8, 4) is 5.75 Å². The fourth-order valence-electron chi connectivity index (χ4n) is 3.59. The van der Waals surface area contributed by atoms with E-state index in [0.29, 0.717) is 29.3 Å². The fourth-order valence-corrected chi connectivity index (χ4v) is 3.59. The molecule has 0 fully saturated rings. The van der Waals surface area contributed by atoms with Gasteiger partial charge in [0.1, 0.15) is 18.1 Å². The summed E-state index contributed by atoms with van der Waals surface area (Å²) in [5.41, 5.74) is 5.26. The smallest absolute Gasteiger partial charge is 0.291 e. The summed E-state index contributed by atoms with van der Waals surface area (Å²) in [6.45, 7) is 8.16. The lowest BCUT2D eigenvalue weighted by Crippen LogP contribution is -2.12. The zero-order chi connectivity index (χ0) is 24.2. The Kier molecular flexibility index (Phi) is 6.63. The Morgan fingerprint density at radius 1 is 0.971 bits per heavy atom. The molecule has 2 aromatic heterocycles. The van der Waals surface area contributed by atoms with E-state index in [0.717, 1.165) is 17.0 Å². The van der Waals surface area contributed by atoms with Crippen LogP contribution in [0.1, 0.15) is 56.1 Å². The van der Waals surface area contributed by atoms with E-state index in [-0.39, 0.29) is 24.1 Å².